The number of amides is 1. The molecule has 2 N–H and O–H groups in total. The summed E-state index contributed by atoms with van der Waals surface area (Å²) in [5.41, 5.74) is 7.88. The molecule has 1 unspecified atom stereocenters. The zero-order chi connectivity index (χ0) is 19.0. The highest BCUT2D eigenvalue weighted by atomic mass is 16.3. The smallest absolute Gasteiger partial charge is 0.255 e. The van der Waals surface area contributed by atoms with Crippen LogP contribution in [0.1, 0.15) is 49.5 Å². The molecule has 0 saturated carbocycles. The molecule has 1 fully saturated rings. The maximum Gasteiger partial charge on any atom is 0.255 e. The Morgan fingerprint density at radius 1 is 1.41 bits per heavy atom. The van der Waals surface area contributed by atoms with E-state index < -0.39 is 0 Å². The first-order valence-electron chi connectivity index (χ1n) is 9.53. The van der Waals surface area contributed by atoms with Crippen molar-refractivity contribution in [2.75, 3.05) is 13.1 Å². The van der Waals surface area contributed by atoms with Gasteiger partial charge in [0.15, 0.2) is 11.4 Å². The molecule has 0 spiro atoms. The molecule has 1 atom stereocenters. The first kappa shape index (κ1) is 17.7. The predicted molar refractivity (Wildman–Crippen MR) is 103 cm³/mol. The summed E-state index contributed by atoms with van der Waals surface area (Å²) >= 11 is 0. The molecular formula is C20H25N5O2. The molecule has 1 aliphatic heterocycles. The summed E-state index contributed by atoms with van der Waals surface area (Å²) < 4.78 is 7.37. The lowest BCUT2D eigenvalue weighted by Gasteiger charge is -2.35. The topological polar surface area (TPSA) is 90.2 Å². The maximum atomic E-state index is 13.5. The van der Waals surface area contributed by atoms with Gasteiger partial charge in [-0.3, -0.25) is 4.79 Å². The number of carbonyl (C=O) groups excluding carboxylic acids is 1. The van der Waals surface area contributed by atoms with Gasteiger partial charge in [-0.1, -0.05) is 0 Å². The SMILES string of the molecule is CC(C)n1ncc2c(C(=O)N3CCCCC3CN)cc(-c3ccco3)nc21. The van der Waals surface area contributed by atoms with Crippen molar-refractivity contribution in [2.24, 2.45) is 5.73 Å². The van der Waals surface area contributed by atoms with Crippen LogP contribution in [-0.2, 0) is 0 Å². The maximum absolute atomic E-state index is 13.5. The zero-order valence-electron chi connectivity index (χ0n) is 15.8. The molecular weight excluding hydrogens is 342 g/mol. The van der Waals surface area contributed by atoms with Crippen LogP contribution in [0.5, 0.6) is 0 Å². The van der Waals surface area contributed by atoms with Crippen LogP contribution < -0.4 is 5.73 Å². The van der Waals surface area contributed by atoms with Crippen molar-refractivity contribution in [3.8, 4) is 11.5 Å². The lowest BCUT2D eigenvalue weighted by Crippen LogP contribution is -2.47. The minimum absolute atomic E-state index is 0.00587. The summed E-state index contributed by atoms with van der Waals surface area (Å²) in [5.74, 6) is 0.630. The van der Waals surface area contributed by atoms with E-state index in [4.69, 9.17) is 15.1 Å². The van der Waals surface area contributed by atoms with Crippen molar-refractivity contribution in [1.82, 2.24) is 19.7 Å². The van der Waals surface area contributed by atoms with Crippen molar-refractivity contribution in [3.63, 3.8) is 0 Å². The fourth-order valence-electron chi connectivity index (χ4n) is 3.79. The number of fused-ring (bicyclic) bond motifs is 1. The molecule has 7 nitrogen and oxygen atoms in total. The van der Waals surface area contributed by atoms with Gasteiger partial charge < -0.3 is 15.1 Å². The molecule has 4 heterocycles. The van der Waals surface area contributed by atoms with Crippen LogP contribution >= 0.6 is 0 Å². The van der Waals surface area contributed by atoms with Crippen molar-refractivity contribution in [2.45, 2.75) is 45.2 Å². The number of pyridine rings is 1. The number of nitrogens with zero attached hydrogens (tertiary/aromatic N) is 4. The van der Waals surface area contributed by atoms with Crippen molar-refractivity contribution < 1.29 is 9.21 Å². The normalized spacial score (nSPS) is 17.8. The van der Waals surface area contributed by atoms with Crippen LogP contribution in [0.2, 0.25) is 0 Å². The van der Waals surface area contributed by atoms with E-state index >= 15 is 0 Å². The molecule has 1 aliphatic rings. The Balaban J connectivity index is 1.87. The lowest BCUT2D eigenvalue weighted by atomic mass is 10.00. The molecule has 27 heavy (non-hydrogen) atoms. The molecule has 0 radical (unpaired) electrons. The van der Waals surface area contributed by atoms with Crippen LogP contribution in [0.4, 0.5) is 0 Å². The highest BCUT2D eigenvalue weighted by Crippen LogP contribution is 2.29. The molecule has 3 aromatic rings. The Hall–Kier alpha value is -2.67. The van der Waals surface area contributed by atoms with Crippen molar-refractivity contribution >= 4 is 16.9 Å². The summed E-state index contributed by atoms with van der Waals surface area (Å²) in [6.45, 7) is 5.31. The second-order valence-electron chi connectivity index (χ2n) is 7.34. The van der Waals surface area contributed by atoms with E-state index in [2.05, 4.69) is 5.10 Å². The van der Waals surface area contributed by atoms with Crippen LogP contribution in [-0.4, -0.2) is 44.7 Å². The van der Waals surface area contributed by atoms with Gasteiger partial charge in [0.05, 0.1) is 23.4 Å². The average molecular weight is 367 g/mol. The van der Waals surface area contributed by atoms with E-state index in [-0.39, 0.29) is 18.0 Å². The Bertz CT molecular complexity index is 945. The molecule has 0 bridgehead atoms. The van der Waals surface area contributed by atoms with Crippen molar-refractivity contribution in [1.29, 1.82) is 0 Å². The minimum Gasteiger partial charge on any atom is -0.463 e. The second kappa shape index (κ2) is 7.15. The fourth-order valence-corrected chi connectivity index (χ4v) is 3.79. The van der Waals surface area contributed by atoms with E-state index in [1.165, 1.54) is 0 Å². The Labute approximate surface area is 158 Å². The summed E-state index contributed by atoms with van der Waals surface area (Å²) in [6.07, 6.45) is 6.42. The summed E-state index contributed by atoms with van der Waals surface area (Å²) in [6, 6.07) is 5.70. The third-order valence-electron chi connectivity index (χ3n) is 5.22. The number of likely N-dealkylation sites (tertiary alicyclic amines) is 1. The quantitative estimate of drug-likeness (QED) is 0.764. The Morgan fingerprint density at radius 2 is 2.26 bits per heavy atom. The Kier molecular flexibility index (Phi) is 4.70. The standard InChI is InChI=1S/C20H25N5O2/c1-13(2)25-19-16(12-22-25)15(10-17(23-19)18-7-5-9-27-18)20(26)24-8-4-3-6-14(24)11-21/h5,7,9-10,12-14H,3-4,6,8,11,21H2,1-2H3. The molecule has 3 aromatic heterocycles. The zero-order valence-corrected chi connectivity index (χ0v) is 15.8. The predicted octanol–water partition coefficient (Wildman–Crippen LogP) is 3.23. The van der Waals surface area contributed by atoms with E-state index in [0.29, 0.717) is 29.2 Å². The van der Waals surface area contributed by atoms with Crippen LogP contribution in [0.3, 0.4) is 0 Å². The summed E-state index contributed by atoms with van der Waals surface area (Å²) in [5, 5.41) is 5.24. The van der Waals surface area contributed by atoms with E-state index in [0.717, 1.165) is 31.2 Å². The fraction of sp³-hybridized carbons (Fsp3) is 0.450. The number of nitrogens with two attached hydrogens (primary N) is 1. The summed E-state index contributed by atoms with van der Waals surface area (Å²) in [4.78, 5) is 20.1. The van der Waals surface area contributed by atoms with Gasteiger partial charge in [-0.2, -0.15) is 5.10 Å². The number of rotatable bonds is 4. The molecule has 7 heteroatoms. The van der Waals surface area contributed by atoms with Crippen LogP contribution in [0.15, 0.2) is 35.1 Å². The largest absolute Gasteiger partial charge is 0.463 e. The summed E-state index contributed by atoms with van der Waals surface area (Å²) in [7, 11) is 0. The number of carbonyl (C=O) groups is 1. The number of aromatic nitrogens is 3. The lowest BCUT2D eigenvalue weighted by molar-refractivity contribution is 0.0625. The van der Waals surface area contributed by atoms with Gasteiger partial charge in [0.25, 0.3) is 5.91 Å². The Morgan fingerprint density at radius 3 is 2.96 bits per heavy atom. The molecule has 1 amide bonds. The molecule has 0 aromatic carbocycles. The number of hydrogen-bond acceptors (Lipinski definition) is 5. The van der Waals surface area contributed by atoms with E-state index in [1.54, 1.807) is 12.5 Å². The molecule has 142 valence electrons. The number of piperidine rings is 1. The van der Waals surface area contributed by atoms with Crippen molar-refractivity contribution in [3.05, 3.63) is 36.2 Å². The number of hydrogen-bond donors (Lipinski definition) is 1. The minimum atomic E-state index is -0.00587. The highest BCUT2D eigenvalue weighted by Gasteiger charge is 2.29. The van der Waals surface area contributed by atoms with Gasteiger partial charge in [0.2, 0.25) is 0 Å². The van der Waals surface area contributed by atoms with Gasteiger partial charge in [-0.25, -0.2) is 9.67 Å². The van der Waals surface area contributed by atoms with Crippen LogP contribution in [0.25, 0.3) is 22.5 Å². The first-order valence-corrected chi connectivity index (χ1v) is 9.53. The molecule has 1 saturated heterocycles. The molecule has 4 rings (SSSR count). The van der Waals surface area contributed by atoms with Gasteiger partial charge >= 0.3 is 0 Å². The van der Waals surface area contributed by atoms with E-state index in [9.17, 15) is 4.79 Å². The van der Waals surface area contributed by atoms with Gasteiger partial charge in [0, 0.05) is 25.2 Å². The van der Waals surface area contributed by atoms with E-state index in [1.807, 2.05) is 41.6 Å². The third kappa shape index (κ3) is 3.12. The highest BCUT2D eigenvalue weighted by molar-refractivity contribution is 6.06. The third-order valence-corrected chi connectivity index (χ3v) is 5.22. The first-order chi connectivity index (χ1) is 13.1. The van der Waals surface area contributed by atoms with Crippen LogP contribution in [0, 0.1) is 0 Å². The molecule has 0 aliphatic carbocycles. The second-order valence-corrected chi connectivity index (χ2v) is 7.34. The van der Waals surface area contributed by atoms with Gasteiger partial charge in [0.1, 0.15) is 5.69 Å². The monoisotopic (exact) mass is 367 g/mol. The van der Waals surface area contributed by atoms with Gasteiger partial charge in [-0.05, 0) is 51.3 Å². The number of furan rings is 1. The average Bonchev–Trinajstić information content (AvgIpc) is 3.36. The van der Waals surface area contributed by atoms with Gasteiger partial charge in [-0.15, -0.1) is 0 Å².